The summed E-state index contributed by atoms with van der Waals surface area (Å²) in [6, 6.07) is 4.85. The number of hydrogen-bond acceptors (Lipinski definition) is 3. The minimum absolute atomic E-state index is 0.0247. The van der Waals surface area contributed by atoms with Crippen LogP contribution >= 0.6 is 0 Å². The molecule has 1 aromatic rings. The Bertz CT molecular complexity index is 691. The van der Waals surface area contributed by atoms with E-state index >= 15 is 0 Å². The van der Waals surface area contributed by atoms with E-state index in [9.17, 15) is 13.6 Å². The zero-order chi connectivity index (χ0) is 19.8. The van der Waals surface area contributed by atoms with Crippen molar-refractivity contribution in [3.63, 3.8) is 0 Å². The van der Waals surface area contributed by atoms with Gasteiger partial charge in [0.1, 0.15) is 5.69 Å². The van der Waals surface area contributed by atoms with Gasteiger partial charge in [-0.15, -0.1) is 0 Å². The SMILES string of the molecule is [B]C([B])(c1cccc(C(=O)N2CCC(F)(F)C2)n1)N1CCC(C(C)C)CC1. The maximum Gasteiger partial charge on any atom is 0.272 e. The number of carbonyl (C=O) groups excluding carboxylic acids is 1. The van der Waals surface area contributed by atoms with Crippen molar-refractivity contribution in [3.05, 3.63) is 29.6 Å². The molecular formula is C19H25B2F2N3O. The van der Waals surface area contributed by atoms with Gasteiger partial charge in [-0.1, -0.05) is 19.9 Å². The van der Waals surface area contributed by atoms with Crippen molar-refractivity contribution in [2.24, 2.45) is 11.8 Å². The third kappa shape index (κ3) is 4.36. The van der Waals surface area contributed by atoms with Crippen molar-refractivity contribution < 1.29 is 13.6 Å². The Morgan fingerprint density at radius 1 is 1.26 bits per heavy atom. The molecule has 0 unspecified atom stereocenters. The van der Waals surface area contributed by atoms with Crippen LogP contribution in [0.4, 0.5) is 8.78 Å². The highest BCUT2D eigenvalue weighted by molar-refractivity contribution is 6.39. The molecule has 142 valence electrons. The molecule has 2 saturated heterocycles. The zero-order valence-electron chi connectivity index (χ0n) is 16.0. The molecule has 0 spiro atoms. The van der Waals surface area contributed by atoms with E-state index in [1.165, 1.54) is 6.07 Å². The second kappa shape index (κ2) is 7.53. The Labute approximate surface area is 162 Å². The highest BCUT2D eigenvalue weighted by atomic mass is 19.3. The number of nitrogens with zero attached hydrogens (tertiary/aromatic N) is 3. The smallest absolute Gasteiger partial charge is 0.272 e. The molecule has 4 nitrogen and oxygen atoms in total. The molecule has 2 aliphatic rings. The lowest BCUT2D eigenvalue weighted by molar-refractivity contribution is 0.0119. The quantitative estimate of drug-likeness (QED) is 0.763. The lowest BCUT2D eigenvalue weighted by atomic mass is 9.58. The molecule has 3 rings (SSSR count). The number of pyridine rings is 1. The summed E-state index contributed by atoms with van der Waals surface area (Å²) in [6.45, 7) is 5.41. The van der Waals surface area contributed by atoms with Gasteiger partial charge >= 0.3 is 0 Å². The van der Waals surface area contributed by atoms with Gasteiger partial charge in [0, 0.05) is 18.7 Å². The van der Waals surface area contributed by atoms with Crippen LogP contribution in [0.25, 0.3) is 0 Å². The van der Waals surface area contributed by atoms with Gasteiger partial charge in [-0.2, -0.15) is 0 Å². The summed E-state index contributed by atoms with van der Waals surface area (Å²) in [5.74, 6) is -2.08. The predicted molar refractivity (Wildman–Crippen MR) is 102 cm³/mol. The molecule has 1 aromatic heterocycles. The summed E-state index contributed by atoms with van der Waals surface area (Å²) in [6.07, 6.45) is 1.70. The lowest BCUT2D eigenvalue weighted by Gasteiger charge is -2.44. The molecule has 4 radical (unpaired) electrons. The number of carbonyl (C=O) groups is 1. The van der Waals surface area contributed by atoms with Crippen LogP contribution in [0.15, 0.2) is 18.2 Å². The van der Waals surface area contributed by atoms with E-state index in [1.54, 1.807) is 12.1 Å². The predicted octanol–water partition coefficient (Wildman–Crippen LogP) is 2.38. The van der Waals surface area contributed by atoms with E-state index in [2.05, 4.69) is 18.8 Å². The minimum Gasteiger partial charge on any atom is -0.331 e. The fourth-order valence-electron chi connectivity index (χ4n) is 3.95. The standard InChI is InChI=1S/C19H25B2F2N3O/c1-13(2)14-6-9-26(10-7-14)19(20,21)16-5-3-4-15(24-16)17(27)25-11-8-18(22,23)12-25/h3-5,13-14H,6-12H2,1-2H3. The fourth-order valence-corrected chi connectivity index (χ4v) is 3.95. The van der Waals surface area contributed by atoms with Gasteiger partial charge in [0.05, 0.1) is 22.2 Å². The molecule has 0 aromatic carbocycles. The third-order valence-corrected chi connectivity index (χ3v) is 5.84. The summed E-state index contributed by atoms with van der Waals surface area (Å²) < 4.78 is 26.8. The van der Waals surface area contributed by atoms with E-state index in [4.69, 9.17) is 15.7 Å². The Hall–Kier alpha value is -1.43. The number of aromatic nitrogens is 1. The Balaban J connectivity index is 1.73. The van der Waals surface area contributed by atoms with Crippen LogP contribution in [0, 0.1) is 11.8 Å². The van der Waals surface area contributed by atoms with Gasteiger partial charge in [0.15, 0.2) is 0 Å². The molecule has 1 amide bonds. The van der Waals surface area contributed by atoms with E-state index < -0.39 is 23.7 Å². The lowest BCUT2D eigenvalue weighted by Crippen LogP contribution is -2.52. The molecule has 0 aliphatic carbocycles. The molecule has 0 bridgehead atoms. The van der Waals surface area contributed by atoms with E-state index in [0.717, 1.165) is 30.8 Å². The highest BCUT2D eigenvalue weighted by Crippen LogP contribution is 2.31. The number of likely N-dealkylation sites (tertiary alicyclic amines) is 2. The third-order valence-electron chi connectivity index (χ3n) is 5.84. The molecule has 2 fully saturated rings. The Morgan fingerprint density at radius 3 is 2.48 bits per heavy atom. The Kier molecular flexibility index (Phi) is 5.67. The van der Waals surface area contributed by atoms with Gasteiger partial charge in [0.2, 0.25) is 0 Å². The second-order valence-electron chi connectivity index (χ2n) is 8.13. The van der Waals surface area contributed by atoms with Gasteiger partial charge < -0.3 is 9.80 Å². The van der Waals surface area contributed by atoms with Crippen molar-refractivity contribution in [2.75, 3.05) is 26.2 Å². The number of hydrogen-bond donors (Lipinski definition) is 0. The van der Waals surface area contributed by atoms with Crippen LogP contribution in [-0.2, 0) is 5.34 Å². The number of halogens is 2. The normalized spacial score (nSPS) is 21.7. The number of rotatable bonds is 4. The van der Waals surface area contributed by atoms with Crippen LogP contribution in [0.1, 0.15) is 49.3 Å². The van der Waals surface area contributed by atoms with Crippen molar-refractivity contribution >= 4 is 21.6 Å². The monoisotopic (exact) mass is 371 g/mol. The summed E-state index contributed by atoms with van der Waals surface area (Å²) in [4.78, 5) is 20.0. The summed E-state index contributed by atoms with van der Waals surface area (Å²) >= 11 is 0. The maximum absolute atomic E-state index is 13.4. The fraction of sp³-hybridized carbons (Fsp3) is 0.684. The first-order valence-corrected chi connectivity index (χ1v) is 9.57. The van der Waals surface area contributed by atoms with Crippen LogP contribution in [0.3, 0.4) is 0 Å². The largest absolute Gasteiger partial charge is 0.331 e. The molecule has 27 heavy (non-hydrogen) atoms. The number of piperidine rings is 1. The summed E-state index contributed by atoms with van der Waals surface area (Å²) in [5, 5.41) is -1.30. The number of amides is 1. The first kappa shape index (κ1) is 20.3. The maximum atomic E-state index is 13.4. The zero-order valence-corrected chi connectivity index (χ0v) is 16.0. The molecule has 0 atom stereocenters. The Morgan fingerprint density at radius 2 is 1.93 bits per heavy atom. The molecule has 0 saturated carbocycles. The van der Waals surface area contributed by atoms with E-state index in [0.29, 0.717) is 17.5 Å². The second-order valence-corrected chi connectivity index (χ2v) is 8.13. The van der Waals surface area contributed by atoms with Gasteiger partial charge in [-0.05, 0) is 55.2 Å². The van der Waals surface area contributed by atoms with E-state index in [1.807, 2.05) is 4.90 Å². The van der Waals surface area contributed by atoms with Crippen molar-refractivity contribution in [1.29, 1.82) is 0 Å². The highest BCUT2D eigenvalue weighted by Gasteiger charge is 2.41. The molecule has 8 heteroatoms. The van der Waals surface area contributed by atoms with Gasteiger partial charge in [-0.25, -0.2) is 13.8 Å². The molecule has 3 heterocycles. The summed E-state index contributed by atoms with van der Waals surface area (Å²) in [7, 11) is 12.8. The van der Waals surface area contributed by atoms with Gasteiger partial charge in [0.25, 0.3) is 11.8 Å². The first-order valence-electron chi connectivity index (χ1n) is 9.57. The topological polar surface area (TPSA) is 36.4 Å². The van der Waals surface area contributed by atoms with Crippen LogP contribution in [-0.4, -0.2) is 68.5 Å². The average Bonchev–Trinajstić information content (AvgIpc) is 3.01. The number of alkyl halides is 2. The molecular weight excluding hydrogens is 346 g/mol. The van der Waals surface area contributed by atoms with Crippen LogP contribution in [0.5, 0.6) is 0 Å². The van der Waals surface area contributed by atoms with Crippen LogP contribution in [0.2, 0.25) is 0 Å². The van der Waals surface area contributed by atoms with E-state index in [-0.39, 0.29) is 18.7 Å². The first-order chi connectivity index (χ1) is 12.6. The molecule has 0 N–H and O–H groups in total. The summed E-state index contributed by atoms with van der Waals surface area (Å²) in [5.41, 5.74) is 0.477. The minimum atomic E-state index is -2.83. The van der Waals surface area contributed by atoms with Crippen LogP contribution < -0.4 is 0 Å². The van der Waals surface area contributed by atoms with Gasteiger partial charge in [-0.3, -0.25) is 4.79 Å². The average molecular weight is 371 g/mol. The van der Waals surface area contributed by atoms with Crippen molar-refractivity contribution in [1.82, 2.24) is 14.8 Å². The molecule has 2 aliphatic heterocycles. The van der Waals surface area contributed by atoms with Crippen molar-refractivity contribution in [3.8, 4) is 0 Å². The van der Waals surface area contributed by atoms with Crippen molar-refractivity contribution in [2.45, 2.75) is 44.4 Å².